The molecule has 4 aromatic carbocycles. The Hall–Kier alpha value is -3.65. The largest absolute Gasteiger partial charge is 0.388 e. The van der Waals surface area contributed by atoms with Gasteiger partial charge in [-0.1, -0.05) is 121 Å². The molecule has 0 bridgehead atoms. The van der Waals surface area contributed by atoms with E-state index in [-0.39, 0.29) is 38.6 Å². The molecular formula is C34H36O6. The first-order chi connectivity index (χ1) is 19.6. The van der Waals surface area contributed by atoms with Crippen molar-refractivity contribution >= 4 is 5.78 Å². The summed E-state index contributed by atoms with van der Waals surface area (Å²) in [6.45, 7) is 0.412. The Balaban J connectivity index is 1.53. The number of ether oxygens (including phenoxy) is 3. The highest BCUT2D eigenvalue weighted by Crippen LogP contribution is 2.20. The maximum Gasteiger partial charge on any atom is 0.168 e. The monoisotopic (exact) mass is 540 g/mol. The van der Waals surface area contributed by atoms with Crippen LogP contribution in [0.5, 0.6) is 0 Å². The van der Waals surface area contributed by atoms with E-state index in [0.717, 1.165) is 22.3 Å². The molecule has 0 aliphatic heterocycles. The fourth-order valence-corrected chi connectivity index (χ4v) is 4.35. The van der Waals surface area contributed by atoms with Gasteiger partial charge in [-0.15, -0.1) is 0 Å². The second kappa shape index (κ2) is 15.8. The summed E-state index contributed by atoms with van der Waals surface area (Å²) in [5.41, 5.74) is 3.52. The fourth-order valence-electron chi connectivity index (χ4n) is 4.35. The lowest BCUT2D eigenvalue weighted by atomic mass is 9.96. The van der Waals surface area contributed by atoms with Crippen LogP contribution in [0.4, 0.5) is 0 Å². The van der Waals surface area contributed by atoms with Crippen molar-refractivity contribution in [3.05, 3.63) is 144 Å². The highest BCUT2D eigenvalue weighted by Gasteiger charge is 2.38. The van der Waals surface area contributed by atoms with Crippen LogP contribution < -0.4 is 0 Å². The van der Waals surface area contributed by atoms with Gasteiger partial charge >= 0.3 is 0 Å². The van der Waals surface area contributed by atoms with Crippen molar-refractivity contribution in [2.45, 2.75) is 50.7 Å². The van der Waals surface area contributed by atoms with Gasteiger partial charge in [0.2, 0.25) is 0 Å². The van der Waals surface area contributed by atoms with E-state index in [0.29, 0.717) is 0 Å². The van der Waals surface area contributed by atoms with E-state index >= 15 is 0 Å². The number of hydrogen-bond donors (Lipinski definition) is 2. The number of hydrogen-bond acceptors (Lipinski definition) is 6. The van der Waals surface area contributed by atoms with Crippen LogP contribution in [-0.2, 0) is 45.2 Å². The zero-order valence-electron chi connectivity index (χ0n) is 22.4. The molecule has 0 saturated carbocycles. The molecule has 4 atom stereocenters. The number of rotatable bonds is 16. The molecule has 0 aliphatic carbocycles. The molecule has 0 heterocycles. The van der Waals surface area contributed by atoms with Gasteiger partial charge in [-0.3, -0.25) is 4.79 Å². The van der Waals surface area contributed by atoms with E-state index in [1.165, 1.54) is 0 Å². The maximum atomic E-state index is 13.7. The number of benzene rings is 4. The van der Waals surface area contributed by atoms with E-state index in [1.54, 1.807) is 0 Å². The Morgan fingerprint density at radius 2 is 1.00 bits per heavy atom. The van der Waals surface area contributed by atoms with Crippen molar-refractivity contribution in [2.24, 2.45) is 0 Å². The Kier molecular flexibility index (Phi) is 11.6. The maximum absolute atomic E-state index is 13.7. The molecule has 4 aromatic rings. The minimum Gasteiger partial charge on any atom is -0.388 e. The van der Waals surface area contributed by atoms with Crippen LogP contribution in [0.1, 0.15) is 22.3 Å². The molecule has 0 spiro atoms. The first-order valence-corrected chi connectivity index (χ1v) is 13.5. The summed E-state index contributed by atoms with van der Waals surface area (Å²) < 4.78 is 18.0. The average Bonchev–Trinajstić information content (AvgIpc) is 3.00. The van der Waals surface area contributed by atoms with E-state index in [1.807, 2.05) is 121 Å². The number of aliphatic hydroxyl groups is 2. The lowest BCUT2D eigenvalue weighted by Gasteiger charge is -2.32. The molecule has 0 radical (unpaired) electrons. The smallest absolute Gasteiger partial charge is 0.168 e. The second-order valence-corrected chi connectivity index (χ2v) is 9.67. The first-order valence-electron chi connectivity index (χ1n) is 13.5. The van der Waals surface area contributed by atoms with Crippen LogP contribution >= 0.6 is 0 Å². The molecule has 6 heteroatoms. The summed E-state index contributed by atoms with van der Waals surface area (Å²) in [7, 11) is 0. The van der Waals surface area contributed by atoms with Gasteiger partial charge < -0.3 is 24.4 Å². The van der Waals surface area contributed by atoms with Gasteiger partial charge in [-0.05, 0) is 22.3 Å². The lowest BCUT2D eigenvalue weighted by molar-refractivity contribution is -0.175. The van der Waals surface area contributed by atoms with Crippen molar-refractivity contribution in [3.8, 4) is 0 Å². The van der Waals surface area contributed by atoms with E-state index in [9.17, 15) is 15.0 Å². The third-order valence-electron chi connectivity index (χ3n) is 6.53. The predicted octanol–water partition coefficient (Wildman–Crippen LogP) is 4.91. The topological polar surface area (TPSA) is 85.2 Å². The third-order valence-corrected chi connectivity index (χ3v) is 6.53. The Morgan fingerprint density at radius 1 is 0.575 bits per heavy atom. The average molecular weight is 541 g/mol. The van der Waals surface area contributed by atoms with Gasteiger partial charge in [0.05, 0.1) is 26.4 Å². The van der Waals surface area contributed by atoms with Crippen molar-refractivity contribution in [2.75, 3.05) is 6.61 Å². The molecule has 2 N–H and O–H groups in total. The van der Waals surface area contributed by atoms with Gasteiger partial charge in [-0.25, -0.2) is 0 Å². The van der Waals surface area contributed by atoms with Crippen LogP contribution in [0.2, 0.25) is 0 Å². The van der Waals surface area contributed by atoms with Crippen molar-refractivity contribution in [3.63, 3.8) is 0 Å². The summed E-state index contributed by atoms with van der Waals surface area (Å²) in [6.07, 6.45) is -4.94. The normalized spacial score (nSPS) is 14.2. The fraction of sp³-hybridized carbons (Fsp3) is 0.265. The molecule has 0 saturated heterocycles. The minimum absolute atomic E-state index is 0.0960. The zero-order valence-corrected chi connectivity index (χ0v) is 22.4. The predicted molar refractivity (Wildman–Crippen MR) is 153 cm³/mol. The van der Waals surface area contributed by atoms with E-state index < -0.39 is 24.4 Å². The molecule has 208 valence electrons. The number of aliphatic hydroxyl groups excluding tert-OH is 2. The van der Waals surface area contributed by atoms with Gasteiger partial charge in [-0.2, -0.15) is 0 Å². The summed E-state index contributed by atoms with van der Waals surface area (Å²) in [6, 6.07) is 37.9. The number of carbonyl (C=O) groups excluding carboxylic acids is 1. The summed E-state index contributed by atoms with van der Waals surface area (Å²) in [5.74, 6) is -0.253. The van der Waals surface area contributed by atoms with Crippen LogP contribution in [0, 0.1) is 0 Å². The quantitative estimate of drug-likeness (QED) is 0.210. The van der Waals surface area contributed by atoms with Gasteiger partial charge in [0.25, 0.3) is 0 Å². The van der Waals surface area contributed by atoms with Gasteiger partial charge in [0.15, 0.2) is 5.78 Å². The lowest BCUT2D eigenvalue weighted by Crippen LogP contribution is -2.51. The van der Waals surface area contributed by atoms with Crippen LogP contribution in [-0.4, -0.2) is 47.0 Å². The standard InChI is InChI=1S/C34H36O6/c35-30(21-26-13-5-1-6-14-26)33(39-23-28-17-9-3-10-18-28)34(40-24-29-19-11-4-12-20-29)32(37)31(36)25-38-22-27-15-7-2-8-16-27/h1-20,31-34,36-37H,21-25H2/t31-,32-,33-,34+/m1/s1. The van der Waals surface area contributed by atoms with Crippen molar-refractivity contribution in [1.82, 2.24) is 0 Å². The molecule has 0 aromatic heterocycles. The highest BCUT2D eigenvalue weighted by molar-refractivity contribution is 5.86. The highest BCUT2D eigenvalue weighted by atomic mass is 16.6. The second-order valence-electron chi connectivity index (χ2n) is 9.67. The number of ketones is 1. The Morgan fingerprint density at radius 3 is 1.50 bits per heavy atom. The third kappa shape index (κ3) is 9.23. The molecule has 0 aliphatic rings. The summed E-state index contributed by atoms with van der Waals surface area (Å²) in [5, 5.41) is 22.3. The molecule has 0 fully saturated rings. The van der Waals surface area contributed by atoms with Crippen molar-refractivity contribution < 1.29 is 29.2 Å². The summed E-state index contributed by atoms with van der Waals surface area (Å²) >= 11 is 0. The summed E-state index contributed by atoms with van der Waals surface area (Å²) in [4.78, 5) is 13.7. The molecule has 0 amide bonds. The zero-order chi connectivity index (χ0) is 28.0. The number of Topliss-reactive ketones (excluding diaryl/α,β-unsaturated/α-hetero) is 1. The molecule has 0 unspecified atom stereocenters. The van der Waals surface area contributed by atoms with Crippen LogP contribution in [0.15, 0.2) is 121 Å². The Labute approximate surface area is 235 Å². The minimum atomic E-state index is -1.44. The molecule has 40 heavy (non-hydrogen) atoms. The molecule has 4 rings (SSSR count). The number of carbonyl (C=O) groups is 1. The SMILES string of the molecule is O=C(Cc1ccccc1)[C@@H](OCc1ccccc1)[C@@H](OCc1ccccc1)[C@H](O)[C@H](O)COCc1ccccc1. The molecule has 6 nitrogen and oxygen atoms in total. The molecular weight excluding hydrogens is 504 g/mol. The van der Waals surface area contributed by atoms with Crippen LogP contribution in [0.25, 0.3) is 0 Å². The van der Waals surface area contributed by atoms with Crippen LogP contribution in [0.3, 0.4) is 0 Å². The van der Waals surface area contributed by atoms with Crippen molar-refractivity contribution in [1.29, 1.82) is 0 Å². The van der Waals surface area contributed by atoms with E-state index in [4.69, 9.17) is 14.2 Å². The Bertz CT molecular complexity index is 1250. The van der Waals surface area contributed by atoms with Gasteiger partial charge in [0, 0.05) is 6.42 Å². The first kappa shape index (κ1) is 29.3. The van der Waals surface area contributed by atoms with Gasteiger partial charge in [0.1, 0.15) is 24.4 Å². The van der Waals surface area contributed by atoms with E-state index in [2.05, 4.69) is 0 Å².